The number of likely N-dealkylation sites (tertiary alicyclic amines) is 2. The molecule has 6 N–H and O–H groups in total. The highest BCUT2D eigenvalue weighted by molar-refractivity contribution is 7.92. The molecule has 4 amide bonds. The third kappa shape index (κ3) is 20.1. The fraction of sp³-hybridized carbons (Fsp3) is 0.540. The minimum atomic E-state index is -3.60. The smallest absolute Gasteiger partial charge is 0.246 e. The summed E-state index contributed by atoms with van der Waals surface area (Å²) in [6, 6.07) is 16.8. The van der Waals surface area contributed by atoms with Crippen molar-refractivity contribution in [2.24, 2.45) is 5.41 Å². The van der Waals surface area contributed by atoms with Gasteiger partial charge in [-0.3, -0.25) is 24.1 Å². The van der Waals surface area contributed by atoms with E-state index in [9.17, 15) is 32.7 Å². The summed E-state index contributed by atoms with van der Waals surface area (Å²) in [7, 11) is -3.60. The highest BCUT2D eigenvalue weighted by Gasteiger charge is 2.44. The van der Waals surface area contributed by atoms with Crippen LogP contribution in [0.4, 0.5) is 23.1 Å². The second-order valence-electron chi connectivity index (χ2n) is 23.6. The molecule has 0 unspecified atom stereocenters. The number of β-amino-alcohol motifs (C(OH)–C–C–N with tert-alkyl or cyclic N) is 1. The molecule has 0 spiro atoms. The Labute approximate surface area is 526 Å². The van der Waals surface area contributed by atoms with Crippen molar-refractivity contribution >= 4 is 79.5 Å². The molecule has 0 saturated carbocycles. The summed E-state index contributed by atoms with van der Waals surface area (Å²) in [5, 5.41) is 25.3. The Kier molecular flexibility index (Phi) is 25.9. The Morgan fingerprint density at radius 2 is 1.48 bits per heavy atom. The van der Waals surface area contributed by atoms with Gasteiger partial charge >= 0.3 is 0 Å². The summed E-state index contributed by atoms with van der Waals surface area (Å²) in [5.41, 5.74) is 7.27. The SMILES string of the molecule is Cc1cc(Nc2ncc(Cl)c(Nc3ccccc3S(=O)(=O)C(C)C)n2)c(OC(C)C)cc1C1CCN(CC(=O)NCCOCCOCCOCCOCCC(=O)N[C@H](C(=O)N2C[C@H](O)C[C@H]2C(=O)NCc2ccc(-c3scnc3C)cc2)C(C)(C)C)CC1. The van der Waals surface area contributed by atoms with Gasteiger partial charge in [-0.05, 0) is 125 Å². The number of carbonyl (C=O) groups is 4. The molecule has 22 nitrogen and oxygen atoms in total. The zero-order valence-corrected chi connectivity index (χ0v) is 54.4. The molecule has 3 atom stereocenters. The van der Waals surface area contributed by atoms with Crippen LogP contribution in [-0.2, 0) is 54.5 Å². The number of benzene rings is 3. The third-order valence-corrected chi connectivity index (χ3v) is 18.5. The van der Waals surface area contributed by atoms with Crippen molar-refractivity contribution in [2.75, 3.05) is 96.2 Å². The molecule has 0 bridgehead atoms. The van der Waals surface area contributed by atoms with Crippen molar-refractivity contribution in [3.8, 4) is 16.2 Å². The van der Waals surface area contributed by atoms with Crippen molar-refractivity contribution in [1.82, 2.24) is 40.7 Å². The van der Waals surface area contributed by atoms with E-state index in [1.165, 1.54) is 16.7 Å². The average molecular weight is 1280 g/mol. The lowest BCUT2D eigenvalue weighted by Crippen LogP contribution is -2.57. The Morgan fingerprint density at radius 3 is 2.11 bits per heavy atom. The Hall–Kier alpha value is -6.35. The molecule has 7 rings (SSSR count). The first-order valence-electron chi connectivity index (χ1n) is 30.0. The summed E-state index contributed by atoms with van der Waals surface area (Å²) in [5.74, 6) is 0.136. The van der Waals surface area contributed by atoms with Crippen LogP contribution in [0.1, 0.15) is 102 Å². The van der Waals surface area contributed by atoms with Gasteiger partial charge in [0.25, 0.3) is 0 Å². The highest BCUT2D eigenvalue weighted by Crippen LogP contribution is 2.39. The number of thiazole rings is 1. The number of piperidine rings is 1. The first-order chi connectivity index (χ1) is 42.0. The second kappa shape index (κ2) is 32.9. The number of nitrogens with zero attached hydrogens (tertiary/aromatic N) is 5. The van der Waals surface area contributed by atoms with Gasteiger partial charge in [0.15, 0.2) is 15.7 Å². The zero-order valence-electron chi connectivity index (χ0n) is 52.0. The lowest BCUT2D eigenvalue weighted by Gasteiger charge is -2.35. The molecule has 3 aromatic carbocycles. The summed E-state index contributed by atoms with van der Waals surface area (Å²) in [4.78, 5) is 71.5. The molecular weight excluding hydrogens is 1190 g/mol. The number of hydrogen-bond donors (Lipinski definition) is 6. The summed E-state index contributed by atoms with van der Waals surface area (Å²) in [6.07, 6.45) is 2.29. The molecule has 2 saturated heterocycles. The number of aliphatic hydroxyl groups excluding tert-OH is 1. The Morgan fingerprint density at radius 1 is 0.818 bits per heavy atom. The number of aryl methyl sites for hydroxylation is 2. The molecule has 2 aliphatic rings. The van der Waals surface area contributed by atoms with Crippen molar-refractivity contribution in [3.05, 3.63) is 99.8 Å². The van der Waals surface area contributed by atoms with E-state index in [1.807, 2.05) is 77.4 Å². The molecular formula is C63H87ClN10O12S2. The van der Waals surface area contributed by atoms with E-state index >= 15 is 0 Å². The second-order valence-corrected chi connectivity index (χ2v) is 27.4. The molecule has 2 fully saturated rings. The number of anilines is 4. The maximum Gasteiger partial charge on any atom is 0.246 e. The number of carbonyl (C=O) groups excluding carboxylic acids is 4. The van der Waals surface area contributed by atoms with Gasteiger partial charge in [0.1, 0.15) is 22.9 Å². The van der Waals surface area contributed by atoms with Crippen LogP contribution in [0.15, 0.2) is 77.3 Å². The Balaban J connectivity index is 0.721. The van der Waals surface area contributed by atoms with Crippen LogP contribution in [0.5, 0.6) is 5.75 Å². The standard InChI is InChI=1S/C63H87ClN10O12S2/c1-40(2)86-53-34-48(42(5)32-51(53)70-62-67-36-49(64)59(72-62)69-50-12-10-11-13-54(50)88(80,81)41(3)4)45-18-22-73(23-19-45)38-56(77)65-21-25-83-27-29-85-31-30-84-28-26-82-24-20-55(76)71-58(63(7,8)9)61(79)74-37-47(75)33-52(74)60(78)66-35-44-14-16-46(17-15-44)57-43(6)68-39-87-57/h10-17,32,34,36,39-41,45,47,52,58,75H,18-31,33,35,37-38H2,1-9H3,(H,65,77)(H,66,78)(H,71,76)(H2,67,69,70,72)/t47-,52+,58-/m1/s1. The van der Waals surface area contributed by atoms with E-state index in [4.69, 9.17) is 35.3 Å². The lowest BCUT2D eigenvalue weighted by molar-refractivity contribution is -0.144. The summed E-state index contributed by atoms with van der Waals surface area (Å²) < 4.78 is 55.1. The predicted octanol–water partition coefficient (Wildman–Crippen LogP) is 7.89. The molecule has 25 heteroatoms. The quantitative estimate of drug-likeness (QED) is 0.0223. The number of nitrogens with one attached hydrogen (secondary N) is 5. The number of halogens is 1. The maximum atomic E-state index is 14.0. The van der Waals surface area contributed by atoms with Gasteiger partial charge in [-0.2, -0.15) is 4.98 Å². The van der Waals surface area contributed by atoms with Crippen molar-refractivity contribution < 1.29 is 56.4 Å². The van der Waals surface area contributed by atoms with Crippen LogP contribution in [0.2, 0.25) is 5.02 Å². The van der Waals surface area contributed by atoms with Crippen LogP contribution in [-0.4, -0.2) is 177 Å². The zero-order chi connectivity index (χ0) is 63.5. The highest BCUT2D eigenvalue weighted by atomic mass is 35.5. The van der Waals surface area contributed by atoms with Crippen LogP contribution in [0, 0.1) is 19.3 Å². The van der Waals surface area contributed by atoms with Crippen LogP contribution < -0.4 is 31.3 Å². The van der Waals surface area contributed by atoms with E-state index < -0.39 is 44.6 Å². The van der Waals surface area contributed by atoms with Crippen LogP contribution >= 0.6 is 22.9 Å². The largest absolute Gasteiger partial charge is 0.489 e. The molecule has 2 aromatic heterocycles. The minimum Gasteiger partial charge on any atom is -0.489 e. The number of rotatable bonds is 32. The number of sulfone groups is 1. The minimum absolute atomic E-state index is 0.0107. The number of amides is 4. The average Bonchev–Trinajstić information content (AvgIpc) is 3.88. The van der Waals surface area contributed by atoms with Gasteiger partial charge in [-0.25, -0.2) is 18.4 Å². The van der Waals surface area contributed by atoms with Gasteiger partial charge in [0.05, 0.1) is 115 Å². The van der Waals surface area contributed by atoms with Crippen LogP contribution in [0.3, 0.4) is 0 Å². The van der Waals surface area contributed by atoms with E-state index in [2.05, 4.69) is 59.4 Å². The molecule has 480 valence electrons. The molecule has 0 aliphatic carbocycles. The summed E-state index contributed by atoms with van der Waals surface area (Å²) >= 11 is 8.09. The van der Waals surface area contributed by atoms with Crippen LogP contribution in [0.25, 0.3) is 10.4 Å². The van der Waals surface area contributed by atoms with E-state index in [1.54, 1.807) is 49.4 Å². The first kappa shape index (κ1) is 69.1. The van der Waals surface area contributed by atoms with Crippen molar-refractivity contribution in [2.45, 2.75) is 135 Å². The number of para-hydroxylation sites is 1. The van der Waals surface area contributed by atoms with Gasteiger partial charge < -0.3 is 60.3 Å². The van der Waals surface area contributed by atoms with Crippen molar-refractivity contribution in [3.63, 3.8) is 0 Å². The number of aliphatic hydroxyl groups is 1. The predicted molar refractivity (Wildman–Crippen MR) is 340 cm³/mol. The number of hydrogen-bond acceptors (Lipinski definition) is 19. The van der Waals surface area contributed by atoms with E-state index in [-0.39, 0.29) is 90.6 Å². The van der Waals surface area contributed by atoms with Crippen molar-refractivity contribution in [1.29, 1.82) is 0 Å². The molecule has 88 heavy (non-hydrogen) atoms. The van der Waals surface area contributed by atoms with Gasteiger partial charge in [0.2, 0.25) is 29.6 Å². The number of aromatic nitrogens is 3. The summed E-state index contributed by atoms with van der Waals surface area (Å²) in [6.45, 7) is 21.6. The maximum absolute atomic E-state index is 14.0. The fourth-order valence-electron chi connectivity index (χ4n) is 10.3. The van der Waals surface area contributed by atoms with E-state index in [0.717, 1.165) is 53.2 Å². The van der Waals surface area contributed by atoms with Gasteiger partial charge in [-0.1, -0.05) is 68.8 Å². The first-order valence-corrected chi connectivity index (χ1v) is 32.8. The topological polar surface area (TPSA) is 274 Å². The fourth-order valence-corrected chi connectivity index (χ4v) is 12.4. The number of ether oxygens (including phenoxy) is 5. The van der Waals surface area contributed by atoms with Gasteiger partial charge in [0, 0.05) is 32.5 Å². The van der Waals surface area contributed by atoms with Gasteiger partial charge in [-0.15, -0.1) is 11.3 Å². The molecule has 5 aromatic rings. The molecule has 4 heterocycles. The third-order valence-electron chi connectivity index (χ3n) is 15.1. The lowest BCUT2D eigenvalue weighted by atomic mass is 9.85. The molecule has 2 aliphatic heterocycles. The normalized spacial score (nSPS) is 16.2. The molecule has 0 radical (unpaired) electrons. The Bertz CT molecular complexity index is 3230. The monoisotopic (exact) mass is 1270 g/mol. The van der Waals surface area contributed by atoms with E-state index in [0.29, 0.717) is 69.9 Å².